The molecule has 2 heterocycles. The van der Waals surface area contributed by atoms with Gasteiger partial charge < -0.3 is 14.4 Å². The SMILES string of the molecule is O=C(/C=C/c1cc(Cl)ccc1Cl)N1CCCC(C2OCCO2)C1. The van der Waals surface area contributed by atoms with Crippen LogP contribution < -0.4 is 0 Å². The lowest BCUT2D eigenvalue weighted by molar-refractivity contribution is -0.134. The highest BCUT2D eigenvalue weighted by Gasteiger charge is 2.32. The standard InChI is InChI=1S/C17H19Cl2NO3/c18-14-4-5-15(19)12(10-14)3-6-16(21)20-7-1-2-13(11-20)17-22-8-9-23-17/h3-6,10,13,17H,1-2,7-9,11H2/b6-3+. The van der Waals surface area contributed by atoms with Gasteiger partial charge in [0.2, 0.25) is 5.91 Å². The Hall–Kier alpha value is -1.07. The van der Waals surface area contributed by atoms with Crippen molar-refractivity contribution in [3.05, 3.63) is 39.9 Å². The summed E-state index contributed by atoms with van der Waals surface area (Å²) in [6.45, 7) is 2.71. The van der Waals surface area contributed by atoms with E-state index in [1.165, 1.54) is 0 Å². The summed E-state index contributed by atoms with van der Waals surface area (Å²) in [7, 11) is 0. The molecule has 0 spiro atoms. The molecule has 3 rings (SSSR count). The molecule has 1 amide bonds. The second-order valence-electron chi connectivity index (χ2n) is 5.80. The van der Waals surface area contributed by atoms with Crippen molar-refractivity contribution >= 4 is 35.2 Å². The molecule has 0 saturated carbocycles. The molecule has 0 aromatic heterocycles. The Kier molecular flexibility index (Phi) is 5.59. The highest BCUT2D eigenvalue weighted by molar-refractivity contribution is 6.34. The fourth-order valence-corrected chi connectivity index (χ4v) is 3.35. The minimum absolute atomic E-state index is 0.0243. The molecule has 4 nitrogen and oxygen atoms in total. The summed E-state index contributed by atoms with van der Waals surface area (Å²) in [4.78, 5) is 14.3. The van der Waals surface area contributed by atoms with E-state index in [0.717, 1.165) is 24.9 Å². The zero-order valence-corrected chi connectivity index (χ0v) is 14.2. The van der Waals surface area contributed by atoms with Crippen LogP contribution in [0.3, 0.4) is 0 Å². The molecule has 1 unspecified atom stereocenters. The molecule has 0 aliphatic carbocycles. The number of benzene rings is 1. The summed E-state index contributed by atoms with van der Waals surface area (Å²) in [6, 6.07) is 5.19. The zero-order chi connectivity index (χ0) is 16.2. The predicted octanol–water partition coefficient (Wildman–Crippen LogP) is 3.62. The van der Waals surface area contributed by atoms with Gasteiger partial charge in [-0.1, -0.05) is 23.2 Å². The van der Waals surface area contributed by atoms with Gasteiger partial charge in [0.25, 0.3) is 0 Å². The van der Waals surface area contributed by atoms with Crippen molar-refractivity contribution in [1.29, 1.82) is 0 Å². The highest BCUT2D eigenvalue weighted by atomic mass is 35.5. The number of nitrogens with zero attached hydrogens (tertiary/aromatic N) is 1. The van der Waals surface area contributed by atoms with E-state index in [2.05, 4.69) is 0 Å². The lowest BCUT2D eigenvalue weighted by Crippen LogP contribution is -2.43. The van der Waals surface area contributed by atoms with Crippen LogP contribution >= 0.6 is 23.2 Å². The third kappa shape index (κ3) is 4.27. The van der Waals surface area contributed by atoms with Crippen molar-refractivity contribution in [2.24, 2.45) is 5.92 Å². The van der Waals surface area contributed by atoms with Crippen LogP contribution in [0, 0.1) is 5.92 Å². The summed E-state index contributed by atoms with van der Waals surface area (Å²) >= 11 is 12.1. The maximum absolute atomic E-state index is 12.4. The van der Waals surface area contributed by atoms with Gasteiger partial charge in [0.15, 0.2) is 6.29 Å². The summed E-state index contributed by atoms with van der Waals surface area (Å²) in [5, 5.41) is 1.16. The number of ether oxygens (including phenoxy) is 2. The van der Waals surface area contributed by atoms with Gasteiger partial charge in [-0.15, -0.1) is 0 Å². The average molecular weight is 356 g/mol. The Bertz CT molecular complexity index is 600. The van der Waals surface area contributed by atoms with Crippen LogP contribution in [-0.2, 0) is 14.3 Å². The van der Waals surface area contributed by atoms with E-state index in [0.29, 0.717) is 29.8 Å². The summed E-state index contributed by atoms with van der Waals surface area (Å²) in [5.74, 6) is 0.224. The number of carbonyl (C=O) groups is 1. The fraction of sp³-hybridized carbons (Fsp3) is 0.471. The molecule has 6 heteroatoms. The van der Waals surface area contributed by atoms with Crippen molar-refractivity contribution in [3.8, 4) is 0 Å². The predicted molar refractivity (Wildman–Crippen MR) is 90.5 cm³/mol. The Morgan fingerprint density at radius 2 is 2.04 bits per heavy atom. The minimum Gasteiger partial charge on any atom is -0.350 e. The van der Waals surface area contributed by atoms with Crippen LogP contribution in [0.2, 0.25) is 10.0 Å². The Morgan fingerprint density at radius 1 is 1.26 bits per heavy atom. The Labute approximate surface area is 145 Å². The third-order valence-electron chi connectivity index (χ3n) is 4.17. The quantitative estimate of drug-likeness (QED) is 0.777. The monoisotopic (exact) mass is 355 g/mol. The Balaban J connectivity index is 1.63. The first-order valence-electron chi connectivity index (χ1n) is 7.79. The molecule has 2 aliphatic rings. The summed E-state index contributed by atoms with van der Waals surface area (Å²) < 4.78 is 11.1. The van der Waals surface area contributed by atoms with Gasteiger partial charge in [-0.3, -0.25) is 4.79 Å². The van der Waals surface area contributed by atoms with Crippen molar-refractivity contribution in [2.45, 2.75) is 19.1 Å². The van der Waals surface area contributed by atoms with Crippen molar-refractivity contribution in [1.82, 2.24) is 4.90 Å². The molecular weight excluding hydrogens is 337 g/mol. The molecule has 0 bridgehead atoms. The van der Waals surface area contributed by atoms with E-state index in [1.807, 2.05) is 4.90 Å². The number of piperidine rings is 1. The lowest BCUT2D eigenvalue weighted by atomic mass is 9.97. The highest BCUT2D eigenvalue weighted by Crippen LogP contribution is 2.26. The smallest absolute Gasteiger partial charge is 0.246 e. The van der Waals surface area contributed by atoms with Crippen molar-refractivity contribution in [3.63, 3.8) is 0 Å². The second kappa shape index (κ2) is 7.67. The van der Waals surface area contributed by atoms with E-state index in [-0.39, 0.29) is 18.1 Å². The minimum atomic E-state index is -0.169. The maximum atomic E-state index is 12.4. The largest absolute Gasteiger partial charge is 0.350 e. The van der Waals surface area contributed by atoms with Gasteiger partial charge in [0.1, 0.15) is 0 Å². The first-order chi connectivity index (χ1) is 11.1. The van der Waals surface area contributed by atoms with Crippen LogP contribution in [0.25, 0.3) is 6.08 Å². The molecule has 0 N–H and O–H groups in total. The van der Waals surface area contributed by atoms with Gasteiger partial charge in [-0.2, -0.15) is 0 Å². The van der Waals surface area contributed by atoms with E-state index >= 15 is 0 Å². The lowest BCUT2D eigenvalue weighted by Gasteiger charge is -2.34. The van der Waals surface area contributed by atoms with Crippen molar-refractivity contribution in [2.75, 3.05) is 26.3 Å². The molecule has 124 valence electrons. The number of hydrogen-bond acceptors (Lipinski definition) is 3. The van der Waals surface area contributed by atoms with Crippen LogP contribution in [0.1, 0.15) is 18.4 Å². The zero-order valence-electron chi connectivity index (χ0n) is 12.7. The van der Waals surface area contributed by atoms with Gasteiger partial charge in [0, 0.05) is 35.1 Å². The van der Waals surface area contributed by atoms with Crippen LogP contribution in [0.5, 0.6) is 0 Å². The average Bonchev–Trinajstić information content (AvgIpc) is 3.10. The molecule has 2 fully saturated rings. The van der Waals surface area contributed by atoms with Crippen molar-refractivity contribution < 1.29 is 14.3 Å². The first kappa shape index (κ1) is 16.8. The molecular formula is C17H19Cl2NO3. The number of hydrogen-bond donors (Lipinski definition) is 0. The molecule has 1 aromatic rings. The van der Waals surface area contributed by atoms with E-state index < -0.39 is 0 Å². The number of halogens is 2. The maximum Gasteiger partial charge on any atom is 0.246 e. The molecule has 1 atom stereocenters. The van der Waals surface area contributed by atoms with Gasteiger partial charge in [-0.05, 0) is 42.7 Å². The van der Waals surface area contributed by atoms with Gasteiger partial charge >= 0.3 is 0 Å². The summed E-state index contributed by atoms with van der Waals surface area (Å²) in [6.07, 6.45) is 5.08. The van der Waals surface area contributed by atoms with Gasteiger partial charge in [-0.25, -0.2) is 0 Å². The number of rotatable bonds is 3. The fourth-order valence-electron chi connectivity index (χ4n) is 2.99. The van der Waals surface area contributed by atoms with Crippen LogP contribution in [-0.4, -0.2) is 43.4 Å². The van der Waals surface area contributed by atoms with Gasteiger partial charge in [0.05, 0.1) is 13.2 Å². The topological polar surface area (TPSA) is 38.8 Å². The molecule has 1 aromatic carbocycles. The van der Waals surface area contributed by atoms with E-state index in [9.17, 15) is 4.79 Å². The normalized spacial score (nSPS) is 22.9. The first-order valence-corrected chi connectivity index (χ1v) is 8.54. The van der Waals surface area contributed by atoms with E-state index in [4.69, 9.17) is 32.7 Å². The Morgan fingerprint density at radius 3 is 2.83 bits per heavy atom. The number of likely N-dealkylation sites (tertiary alicyclic amines) is 1. The molecule has 0 radical (unpaired) electrons. The molecule has 2 aliphatic heterocycles. The summed E-state index contributed by atoms with van der Waals surface area (Å²) in [5.41, 5.74) is 0.739. The third-order valence-corrected chi connectivity index (χ3v) is 4.74. The number of amides is 1. The number of carbonyl (C=O) groups excluding carboxylic acids is 1. The molecule has 2 saturated heterocycles. The van der Waals surface area contributed by atoms with Crippen LogP contribution in [0.15, 0.2) is 24.3 Å². The molecule has 23 heavy (non-hydrogen) atoms. The van der Waals surface area contributed by atoms with E-state index in [1.54, 1.807) is 30.4 Å². The van der Waals surface area contributed by atoms with Crippen LogP contribution in [0.4, 0.5) is 0 Å². The second-order valence-corrected chi connectivity index (χ2v) is 6.64.